The highest BCUT2D eigenvalue weighted by Crippen LogP contribution is 2.46. The van der Waals surface area contributed by atoms with Crippen molar-refractivity contribution in [2.75, 3.05) is 31.1 Å². The van der Waals surface area contributed by atoms with Gasteiger partial charge in [0.1, 0.15) is 0 Å². The van der Waals surface area contributed by atoms with Crippen molar-refractivity contribution in [1.82, 2.24) is 14.5 Å². The van der Waals surface area contributed by atoms with Gasteiger partial charge in [-0.25, -0.2) is 0 Å². The predicted octanol–water partition coefficient (Wildman–Crippen LogP) is 5.04. The minimum Gasteiger partial charge on any atom is -0.358 e. The minimum absolute atomic E-state index is 0.0524. The smallest absolute Gasteiger partial charge is 0.358 e. The van der Waals surface area contributed by atoms with Crippen molar-refractivity contribution in [3.8, 4) is 11.1 Å². The summed E-state index contributed by atoms with van der Waals surface area (Å²) in [6.07, 6.45) is 0. The first-order chi connectivity index (χ1) is 17.1. The molecule has 35 heavy (non-hydrogen) atoms. The van der Waals surface area contributed by atoms with Gasteiger partial charge in [-0.1, -0.05) is 78.9 Å². The second-order valence-corrected chi connectivity index (χ2v) is 9.24. The second-order valence-electron chi connectivity index (χ2n) is 9.24. The number of aromatic nitrogens is 2. The van der Waals surface area contributed by atoms with Gasteiger partial charge in [0.15, 0.2) is 0 Å². The average molecular weight is 466 g/mol. The maximum absolute atomic E-state index is 11.9. The quantitative estimate of drug-likeness (QED) is 0.305. The highest BCUT2D eigenvalue weighted by molar-refractivity contribution is 5.78. The van der Waals surface area contributed by atoms with Gasteiger partial charge in [-0.15, -0.1) is 0 Å². The van der Waals surface area contributed by atoms with Crippen LogP contribution in [0, 0.1) is 17.0 Å². The van der Waals surface area contributed by atoms with E-state index < -0.39 is 0 Å². The summed E-state index contributed by atoms with van der Waals surface area (Å²) in [7, 11) is 0. The first-order valence-electron chi connectivity index (χ1n) is 12.0. The van der Waals surface area contributed by atoms with Gasteiger partial charge in [-0.2, -0.15) is 0 Å². The molecule has 2 aliphatic rings. The number of nitro groups is 1. The highest BCUT2D eigenvalue weighted by atomic mass is 16.6. The first-order valence-corrected chi connectivity index (χ1v) is 12.0. The van der Waals surface area contributed by atoms with Crippen molar-refractivity contribution < 1.29 is 4.92 Å². The minimum atomic E-state index is -0.348. The number of hydrogen-bond donors (Lipinski definition) is 0. The summed E-state index contributed by atoms with van der Waals surface area (Å²) in [5.41, 5.74) is 6.41. The lowest BCUT2D eigenvalue weighted by molar-refractivity contribution is -0.388. The SMILES string of the molecule is Cc1nc([N+](=O)[O-])c(N2CCN(C3c4ccccc4-c4ccccc43)CC2)n1Cc1ccccc1. The Morgan fingerprint density at radius 3 is 2.03 bits per heavy atom. The molecule has 2 heterocycles. The molecule has 1 aromatic heterocycles. The molecule has 0 bridgehead atoms. The molecule has 1 aliphatic carbocycles. The molecule has 176 valence electrons. The Morgan fingerprint density at radius 1 is 0.857 bits per heavy atom. The summed E-state index contributed by atoms with van der Waals surface area (Å²) in [6.45, 7) is 5.47. The van der Waals surface area contributed by atoms with E-state index >= 15 is 0 Å². The van der Waals surface area contributed by atoms with Crippen LogP contribution < -0.4 is 4.90 Å². The Morgan fingerprint density at radius 2 is 1.43 bits per heavy atom. The first kappa shape index (κ1) is 21.6. The highest BCUT2D eigenvalue weighted by Gasteiger charge is 2.37. The lowest BCUT2D eigenvalue weighted by Gasteiger charge is -2.39. The lowest BCUT2D eigenvalue weighted by Crippen LogP contribution is -2.48. The molecule has 6 rings (SSSR count). The average Bonchev–Trinajstić information content (AvgIpc) is 3.40. The van der Waals surface area contributed by atoms with Crippen LogP contribution in [0.25, 0.3) is 11.1 Å². The third-order valence-corrected chi connectivity index (χ3v) is 7.25. The van der Waals surface area contributed by atoms with Crippen LogP contribution in [0.5, 0.6) is 0 Å². The Hall–Kier alpha value is -3.97. The van der Waals surface area contributed by atoms with E-state index in [9.17, 15) is 10.1 Å². The van der Waals surface area contributed by atoms with Crippen LogP contribution in [0.2, 0.25) is 0 Å². The van der Waals surface area contributed by atoms with Gasteiger partial charge in [0.05, 0.1) is 12.6 Å². The molecule has 1 saturated heterocycles. The maximum Gasteiger partial charge on any atom is 0.406 e. The zero-order valence-corrected chi connectivity index (χ0v) is 19.7. The van der Waals surface area contributed by atoms with Gasteiger partial charge >= 0.3 is 5.82 Å². The third-order valence-electron chi connectivity index (χ3n) is 7.25. The molecular weight excluding hydrogens is 438 g/mol. The molecule has 4 aromatic rings. The number of piperazine rings is 1. The van der Waals surface area contributed by atoms with Gasteiger partial charge in [0.25, 0.3) is 0 Å². The van der Waals surface area contributed by atoms with E-state index in [1.807, 2.05) is 41.8 Å². The zero-order chi connectivity index (χ0) is 23.9. The molecule has 7 heteroatoms. The van der Waals surface area contributed by atoms with E-state index in [2.05, 4.69) is 63.3 Å². The fourth-order valence-corrected chi connectivity index (χ4v) is 5.64. The number of benzene rings is 3. The molecule has 1 aliphatic heterocycles. The fraction of sp³-hybridized carbons (Fsp3) is 0.250. The Balaban J connectivity index is 1.29. The molecular formula is C28H27N5O2. The summed E-state index contributed by atoms with van der Waals surface area (Å²) < 4.78 is 1.99. The predicted molar refractivity (Wildman–Crippen MR) is 137 cm³/mol. The molecule has 0 radical (unpaired) electrons. The Labute approximate surface area is 204 Å². The van der Waals surface area contributed by atoms with E-state index in [0.717, 1.165) is 18.7 Å². The van der Waals surface area contributed by atoms with Crippen LogP contribution in [-0.2, 0) is 6.54 Å². The Kier molecular flexibility index (Phi) is 5.34. The van der Waals surface area contributed by atoms with Crippen LogP contribution in [0.3, 0.4) is 0 Å². The van der Waals surface area contributed by atoms with E-state index in [4.69, 9.17) is 0 Å². The topological polar surface area (TPSA) is 67.4 Å². The van der Waals surface area contributed by atoms with Crippen LogP contribution in [-0.4, -0.2) is 45.6 Å². The molecule has 0 atom stereocenters. The van der Waals surface area contributed by atoms with Crippen molar-refractivity contribution in [1.29, 1.82) is 0 Å². The van der Waals surface area contributed by atoms with Crippen molar-refractivity contribution in [2.45, 2.75) is 19.5 Å². The van der Waals surface area contributed by atoms with Gasteiger partial charge < -0.3 is 15.0 Å². The van der Waals surface area contributed by atoms with E-state index in [0.29, 0.717) is 31.3 Å². The number of nitrogens with zero attached hydrogens (tertiary/aromatic N) is 5. The van der Waals surface area contributed by atoms with E-state index in [-0.39, 0.29) is 16.8 Å². The molecule has 3 aromatic carbocycles. The normalized spacial score (nSPS) is 15.7. The lowest BCUT2D eigenvalue weighted by atomic mass is 10.0. The van der Waals surface area contributed by atoms with Crippen LogP contribution in [0.1, 0.15) is 28.6 Å². The molecule has 1 fully saturated rings. The van der Waals surface area contributed by atoms with Crippen molar-refractivity contribution >= 4 is 11.6 Å². The van der Waals surface area contributed by atoms with Crippen molar-refractivity contribution in [3.63, 3.8) is 0 Å². The summed E-state index contributed by atoms with van der Waals surface area (Å²) >= 11 is 0. The number of anilines is 1. The summed E-state index contributed by atoms with van der Waals surface area (Å²) in [5, 5.41) is 11.9. The van der Waals surface area contributed by atoms with Crippen molar-refractivity contribution in [3.05, 3.63) is 111 Å². The monoisotopic (exact) mass is 465 g/mol. The van der Waals surface area contributed by atoms with E-state index in [1.54, 1.807) is 0 Å². The number of hydrogen-bond acceptors (Lipinski definition) is 5. The van der Waals surface area contributed by atoms with Gasteiger partial charge in [-0.3, -0.25) is 9.47 Å². The summed E-state index contributed by atoms with van der Waals surface area (Å²) in [5.74, 6) is 1.23. The van der Waals surface area contributed by atoms with Gasteiger partial charge in [-0.05, 0) is 37.7 Å². The fourth-order valence-electron chi connectivity index (χ4n) is 5.64. The van der Waals surface area contributed by atoms with Gasteiger partial charge in [0, 0.05) is 33.1 Å². The number of fused-ring (bicyclic) bond motifs is 3. The summed E-state index contributed by atoms with van der Waals surface area (Å²) in [4.78, 5) is 20.6. The molecule has 7 nitrogen and oxygen atoms in total. The van der Waals surface area contributed by atoms with Crippen molar-refractivity contribution in [2.24, 2.45) is 0 Å². The largest absolute Gasteiger partial charge is 0.406 e. The molecule has 0 spiro atoms. The van der Waals surface area contributed by atoms with Crippen LogP contribution in [0.15, 0.2) is 78.9 Å². The van der Waals surface area contributed by atoms with Crippen LogP contribution >= 0.6 is 0 Å². The molecule has 0 N–H and O–H groups in total. The second kappa shape index (κ2) is 8.67. The molecule has 0 amide bonds. The van der Waals surface area contributed by atoms with E-state index in [1.165, 1.54) is 22.3 Å². The molecule has 0 unspecified atom stereocenters. The summed E-state index contributed by atoms with van der Waals surface area (Å²) in [6, 6.07) is 27.6. The zero-order valence-electron chi connectivity index (χ0n) is 19.7. The maximum atomic E-state index is 11.9. The molecule has 0 saturated carbocycles. The number of imidazole rings is 1. The third kappa shape index (κ3) is 3.68. The standard InChI is InChI=1S/C28H27N5O2/c1-20-29-27(33(34)35)28(32(20)19-21-9-3-2-4-10-21)31-17-15-30(16-18-31)26-24-13-7-5-11-22(24)23-12-6-8-14-25(23)26/h2-14,26H,15-19H2,1H3. The van der Waals surface area contributed by atoms with Crippen LogP contribution in [0.4, 0.5) is 11.6 Å². The van der Waals surface area contributed by atoms with Gasteiger partial charge in [0.2, 0.25) is 11.6 Å². The number of aryl methyl sites for hydroxylation is 1. The number of rotatable bonds is 5. The Bertz CT molecular complexity index is 1340.